The van der Waals surface area contributed by atoms with Gasteiger partial charge >= 0.3 is 6.01 Å². The van der Waals surface area contributed by atoms with Gasteiger partial charge in [0.15, 0.2) is 6.61 Å². The lowest BCUT2D eigenvalue weighted by Crippen LogP contribution is -2.43. The maximum Gasteiger partial charge on any atom is 0.319 e. The molecule has 1 aliphatic rings. The first-order valence-corrected chi connectivity index (χ1v) is 8.65. The van der Waals surface area contributed by atoms with Crippen molar-refractivity contribution in [3.8, 4) is 17.6 Å². The number of ether oxygens (including phenoxy) is 3. The van der Waals surface area contributed by atoms with Crippen LogP contribution in [0, 0.1) is 6.92 Å². The molecule has 0 unspecified atom stereocenters. The Bertz CT molecular complexity index is 745. The Labute approximate surface area is 152 Å². The van der Waals surface area contributed by atoms with Crippen LogP contribution in [0.15, 0.2) is 36.5 Å². The number of carbonyl (C=O) groups is 1. The van der Waals surface area contributed by atoms with Crippen molar-refractivity contribution in [3.05, 3.63) is 42.1 Å². The SMILES string of the molecule is COc1nccc(OC2CCN(C(=O)COc3cccc(C)c3)CC2)n1. The van der Waals surface area contributed by atoms with E-state index >= 15 is 0 Å². The second-order valence-corrected chi connectivity index (χ2v) is 6.18. The molecule has 1 amide bonds. The second kappa shape index (κ2) is 8.51. The number of hydrogen-bond acceptors (Lipinski definition) is 6. The lowest BCUT2D eigenvalue weighted by atomic mass is 10.1. The molecule has 7 nitrogen and oxygen atoms in total. The molecule has 1 aromatic heterocycles. The minimum atomic E-state index is -0.00587. The largest absolute Gasteiger partial charge is 0.484 e. The molecule has 26 heavy (non-hydrogen) atoms. The van der Waals surface area contributed by atoms with Crippen molar-refractivity contribution in [3.63, 3.8) is 0 Å². The monoisotopic (exact) mass is 357 g/mol. The molecule has 3 rings (SSSR count). The zero-order chi connectivity index (χ0) is 18.4. The van der Waals surface area contributed by atoms with Crippen molar-refractivity contribution < 1.29 is 19.0 Å². The fraction of sp³-hybridized carbons (Fsp3) is 0.421. The standard InChI is InChI=1S/C19H23N3O4/c1-14-4-3-5-16(12-14)25-13-18(23)22-10-7-15(8-11-22)26-17-6-9-20-19(21-17)24-2/h3-6,9,12,15H,7-8,10-11,13H2,1-2H3. The summed E-state index contributed by atoms with van der Waals surface area (Å²) in [6.07, 6.45) is 3.13. The molecule has 0 spiro atoms. The zero-order valence-electron chi connectivity index (χ0n) is 15.1. The Kier molecular flexibility index (Phi) is 5.88. The number of rotatable bonds is 6. The van der Waals surface area contributed by atoms with Crippen molar-refractivity contribution in [2.24, 2.45) is 0 Å². The number of aryl methyl sites for hydroxylation is 1. The lowest BCUT2D eigenvalue weighted by molar-refractivity contribution is -0.135. The molecule has 1 aromatic carbocycles. The molecular formula is C19H23N3O4. The maximum atomic E-state index is 12.3. The summed E-state index contributed by atoms with van der Waals surface area (Å²) in [6, 6.07) is 9.67. The highest BCUT2D eigenvalue weighted by Gasteiger charge is 2.24. The summed E-state index contributed by atoms with van der Waals surface area (Å²) in [5.74, 6) is 1.20. The van der Waals surface area contributed by atoms with E-state index in [1.165, 1.54) is 7.11 Å². The normalized spacial score (nSPS) is 14.8. The highest BCUT2D eigenvalue weighted by molar-refractivity contribution is 5.77. The maximum absolute atomic E-state index is 12.3. The van der Waals surface area contributed by atoms with Gasteiger partial charge in [0.1, 0.15) is 11.9 Å². The van der Waals surface area contributed by atoms with Gasteiger partial charge in [0.05, 0.1) is 7.11 Å². The molecule has 0 atom stereocenters. The number of benzene rings is 1. The Morgan fingerprint density at radius 1 is 1.27 bits per heavy atom. The van der Waals surface area contributed by atoms with Crippen LogP contribution in [0.3, 0.4) is 0 Å². The van der Waals surface area contributed by atoms with Crippen molar-refractivity contribution in [2.75, 3.05) is 26.8 Å². The molecule has 0 aliphatic carbocycles. The van der Waals surface area contributed by atoms with E-state index < -0.39 is 0 Å². The van der Waals surface area contributed by atoms with E-state index in [0.29, 0.717) is 24.7 Å². The van der Waals surface area contributed by atoms with E-state index in [9.17, 15) is 4.79 Å². The molecule has 7 heteroatoms. The predicted molar refractivity (Wildman–Crippen MR) is 95.5 cm³/mol. The van der Waals surface area contributed by atoms with E-state index in [1.54, 1.807) is 12.3 Å². The lowest BCUT2D eigenvalue weighted by Gasteiger charge is -2.31. The van der Waals surface area contributed by atoms with Crippen LogP contribution in [0.1, 0.15) is 18.4 Å². The third-order valence-electron chi connectivity index (χ3n) is 4.22. The highest BCUT2D eigenvalue weighted by Crippen LogP contribution is 2.19. The fourth-order valence-electron chi connectivity index (χ4n) is 2.82. The smallest absolute Gasteiger partial charge is 0.319 e. The van der Waals surface area contributed by atoms with Gasteiger partial charge in [-0.25, -0.2) is 4.98 Å². The number of nitrogens with zero attached hydrogens (tertiary/aromatic N) is 3. The first kappa shape index (κ1) is 18.0. The molecule has 1 aliphatic heterocycles. The van der Waals surface area contributed by atoms with Crippen molar-refractivity contribution >= 4 is 5.91 Å². The van der Waals surface area contributed by atoms with Gasteiger partial charge < -0.3 is 19.1 Å². The molecule has 2 aromatic rings. The molecule has 0 radical (unpaired) electrons. The van der Waals surface area contributed by atoms with Crippen LogP contribution in [0.2, 0.25) is 0 Å². The van der Waals surface area contributed by atoms with Gasteiger partial charge in [-0.1, -0.05) is 12.1 Å². The summed E-state index contributed by atoms with van der Waals surface area (Å²) < 4.78 is 16.5. The first-order chi connectivity index (χ1) is 12.6. The van der Waals surface area contributed by atoms with E-state index in [2.05, 4.69) is 9.97 Å². The summed E-state index contributed by atoms with van der Waals surface area (Å²) in [5, 5.41) is 0. The summed E-state index contributed by atoms with van der Waals surface area (Å²) >= 11 is 0. The third kappa shape index (κ3) is 4.84. The predicted octanol–water partition coefficient (Wildman–Crippen LogP) is 2.24. The fourth-order valence-corrected chi connectivity index (χ4v) is 2.82. The minimum absolute atomic E-state index is 0.00587. The van der Waals surface area contributed by atoms with Gasteiger partial charge in [0.2, 0.25) is 5.88 Å². The Morgan fingerprint density at radius 3 is 2.81 bits per heavy atom. The van der Waals surface area contributed by atoms with Gasteiger partial charge in [-0.15, -0.1) is 0 Å². The van der Waals surface area contributed by atoms with E-state index in [-0.39, 0.29) is 24.6 Å². The van der Waals surface area contributed by atoms with Crippen molar-refractivity contribution in [2.45, 2.75) is 25.9 Å². The molecule has 1 fully saturated rings. The number of likely N-dealkylation sites (tertiary alicyclic amines) is 1. The number of aromatic nitrogens is 2. The second-order valence-electron chi connectivity index (χ2n) is 6.18. The van der Waals surface area contributed by atoms with Gasteiger partial charge in [-0.2, -0.15) is 4.98 Å². The molecule has 0 saturated carbocycles. The summed E-state index contributed by atoms with van der Waals surface area (Å²) in [5.41, 5.74) is 1.11. The van der Waals surface area contributed by atoms with E-state index in [4.69, 9.17) is 14.2 Å². The van der Waals surface area contributed by atoms with Crippen LogP contribution in [0.5, 0.6) is 17.6 Å². The summed E-state index contributed by atoms with van der Waals surface area (Å²) in [4.78, 5) is 22.3. The zero-order valence-corrected chi connectivity index (χ0v) is 15.1. The van der Waals surface area contributed by atoms with Crippen molar-refractivity contribution in [1.29, 1.82) is 0 Å². The summed E-state index contributed by atoms with van der Waals surface area (Å²) in [6.45, 7) is 3.33. The van der Waals surface area contributed by atoms with E-state index in [1.807, 2.05) is 36.1 Å². The topological polar surface area (TPSA) is 73.8 Å². The quantitative estimate of drug-likeness (QED) is 0.789. The van der Waals surface area contributed by atoms with E-state index in [0.717, 1.165) is 18.4 Å². The number of hydrogen-bond donors (Lipinski definition) is 0. The molecule has 0 N–H and O–H groups in total. The minimum Gasteiger partial charge on any atom is -0.484 e. The van der Waals surface area contributed by atoms with Gasteiger partial charge in [-0.05, 0) is 24.6 Å². The Hall–Kier alpha value is -2.83. The third-order valence-corrected chi connectivity index (χ3v) is 4.22. The number of amides is 1. The number of carbonyl (C=O) groups excluding carboxylic acids is 1. The first-order valence-electron chi connectivity index (χ1n) is 8.65. The highest BCUT2D eigenvalue weighted by atomic mass is 16.5. The average molecular weight is 357 g/mol. The van der Waals surface area contributed by atoms with Crippen LogP contribution in [0.4, 0.5) is 0 Å². The number of methoxy groups -OCH3 is 1. The molecule has 1 saturated heterocycles. The van der Waals surface area contributed by atoms with Crippen LogP contribution in [-0.2, 0) is 4.79 Å². The number of piperidine rings is 1. The van der Waals surface area contributed by atoms with Crippen LogP contribution >= 0.6 is 0 Å². The molecule has 138 valence electrons. The Morgan fingerprint density at radius 2 is 2.08 bits per heavy atom. The molecule has 0 bridgehead atoms. The van der Waals surface area contributed by atoms with Crippen LogP contribution in [-0.4, -0.2) is 53.7 Å². The van der Waals surface area contributed by atoms with Crippen LogP contribution in [0.25, 0.3) is 0 Å². The van der Waals surface area contributed by atoms with Gasteiger partial charge in [-0.3, -0.25) is 4.79 Å². The van der Waals surface area contributed by atoms with Crippen LogP contribution < -0.4 is 14.2 Å². The molecule has 2 heterocycles. The van der Waals surface area contributed by atoms with Gasteiger partial charge in [0.25, 0.3) is 5.91 Å². The Balaban J connectivity index is 1.44. The average Bonchev–Trinajstić information content (AvgIpc) is 2.67. The molecular weight excluding hydrogens is 334 g/mol. The van der Waals surface area contributed by atoms with Gasteiger partial charge in [0, 0.05) is 38.2 Å². The summed E-state index contributed by atoms with van der Waals surface area (Å²) in [7, 11) is 1.52. The van der Waals surface area contributed by atoms with Crippen molar-refractivity contribution in [1.82, 2.24) is 14.9 Å².